The van der Waals surface area contributed by atoms with Gasteiger partial charge in [0.25, 0.3) is 0 Å². The van der Waals surface area contributed by atoms with Crippen LogP contribution in [-0.4, -0.2) is 96.7 Å². The largest absolute Gasteiger partial charge is 0.472 e. The Hall–Kier alpha value is -1.94. The van der Waals surface area contributed by atoms with E-state index >= 15 is 0 Å². The molecule has 19 heteroatoms. The lowest BCUT2D eigenvalue weighted by atomic mass is 10.0. The van der Waals surface area contributed by atoms with E-state index in [0.29, 0.717) is 31.6 Å². The van der Waals surface area contributed by atoms with E-state index in [1.54, 1.807) is 0 Å². The van der Waals surface area contributed by atoms with E-state index < -0.39 is 97.5 Å². The molecule has 0 saturated heterocycles. The van der Waals surface area contributed by atoms with E-state index in [-0.39, 0.29) is 25.7 Å². The molecule has 3 N–H and O–H groups in total. The summed E-state index contributed by atoms with van der Waals surface area (Å²) in [5.41, 5.74) is 0. The summed E-state index contributed by atoms with van der Waals surface area (Å²) in [5.74, 6) is -1.46. The van der Waals surface area contributed by atoms with Gasteiger partial charge in [-0.25, -0.2) is 9.13 Å². The average Bonchev–Trinajstić information content (AvgIpc) is 3.52. The van der Waals surface area contributed by atoms with Gasteiger partial charge in [0.05, 0.1) is 26.4 Å². The number of carbonyl (C=O) groups is 4. The molecule has 0 aliphatic heterocycles. The average molecular weight is 1310 g/mol. The van der Waals surface area contributed by atoms with Gasteiger partial charge >= 0.3 is 39.5 Å². The molecule has 17 nitrogen and oxygen atoms in total. The summed E-state index contributed by atoms with van der Waals surface area (Å²) in [4.78, 5) is 72.4. The van der Waals surface area contributed by atoms with Crippen molar-refractivity contribution in [3.63, 3.8) is 0 Å². The predicted molar refractivity (Wildman–Crippen MR) is 358 cm³/mol. The molecule has 2 unspecified atom stereocenters. The first-order valence-corrected chi connectivity index (χ1v) is 39.6. The zero-order chi connectivity index (χ0) is 65.6. The van der Waals surface area contributed by atoms with Gasteiger partial charge in [-0.15, -0.1) is 0 Å². The summed E-state index contributed by atoms with van der Waals surface area (Å²) in [6.45, 7) is 7.13. The lowest BCUT2D eigenvalue weighted by Gasteiger charge is -2.21. The van der Waals surface area contributed by atoms with Crippen LogP contribution >= 0.6 is 15.6 Å². The van der Waals surface area contributed by atoms with Crippen molar-refractivity contribution in [2.45, 2.75) is 380 Å². The van der Waals surface area contributed by atoms with Crippen molar-refractivity contribution in [1.82, 2.24) is 0 Å². The van der Waals surface area contributed by atoms with Crippen molar-refractivity contribution in [1.29, 1.82) is 0 Å². The molecule has 0 bridgehead atoms. The van der Waals surface area contributed by atoms with Gasteiger partial charge < -0.3 is 33.8 Å². The summed E-state index contributed by atoms with van der Waals surface area (Å²) in [6.07, 6.45) is 50.2. The van der Waals surface area contributed by atoms with Gasteiger partial charge in [0.2, 0.25) is 0 Å². The summed E-state index contributed by atoms with van der Waals surface area (Å²) in [7, 11) is -9.89. The van der Waals surface area contributed by atoms with Crippen LogP contribution < -0.4 is 0 Å². The molecule has 0 heterocycles. The molecule has 0 spiro atoms. The minimum atomic E-state index is -4.95. The van der Waals surface area contributed by atoms with Crippen LogP contribution in [0.3, 0.4) is 0 Å². The van der Waals surface area contributed by atoms with Crippen molar-refractivity contribution in [2.24, 2.45) is 5.92 Å². The second-order valence-corrected chi connectivity index (χ2v) is 28.7. The van der Waals surface area contributed by atoms with Crippen molar-refractivity contribution in [3.8, 4) is 0 Å². The van der Waals surface area contributed by atoms with E-state index in [2.05, 4.69) is 34.6 Å². The third-order valence-corrected chi connectivity index (χ3v) is 18.2. The van der Waals surface area contributed by atoms with Crippen LogP contribution in [0.2, 0.25) is 0 Å². The maximum atomic E-state index is 13.0. The lowest BCUT2D eigenvalue weighted by Crippen LogP contribution is -2.30. The number of unbranched alkanes of at least 4 members (excludes halogenated alkanes) is 42. The number of hydrogen-bond donors (Lipinski definition) is 3. The molecule has 0 aliphatic rings. The molecule has 89 heavy (non-hydrogen) atoms. The second kappa shape index (κ2) is 63.5. The van der Waals surface area contributed by atoms with Crippen molar-refractivity contribution in [3.05, 3.63) is 0 Å². The number of aliphatic hydroxyl groups is 1. The van der Waals surface area contributed by atoms with Crippen LogP contribution in [-0.2, 0) is 65.4 Å². The smallest absolute Gasteiger partial charge is 0.462 e. The normalized spacial score (nSPS) is 14.1. The molecule has 0 aromatic rings. The number of ether oxygens (including phenoxy) is 4. The number of esters is 4. The zero-order valence-corrected chi connectivity index (χ0v) is 59.4. The fourth-order valence-corrected chi connectivity index (χ4v) is 12.2. The molecule has 0 aromatic carbocycles. The summed E-state index contributed by atoms with van der Waals surface area (Å²) >= 11 is 0. The Balaban J connectivity index is 5.20. The minimum absolute atomic E-state index is 0.102. The molecule has 0 aliphatic carbocycles. The number of carbonyl (C=O) groups excluding carboxylic acids is 4. The molecule has 0 rings (SSSR count). The van der Waals surface area contributed by atoms with Crippen molar-refractivity contribution >= 4 is 39.5 Å². The third-order valence-electron chi connectivity index (χ3n) is 16.3. The lowest BCUT2D eigenvalue weighted by molar-refractivity contribution is -0.161. The van der Waals surface area contributed by atoms with Gasteiger partial charge in [0.1, 0.15) is 19.3 Å². The highest BCUT2D eigenvalue weighted by Gasteiger charge is 2.30. The molecule has 0 amide bonds. The zero-order valence-electron chi connectivity index (χ0n) is 57.6. The summed E-state index contributed by atoms with van der Waals surface area (Å²) in [6, 6.07) is 0. The molecule has 0 aromatic heterocycles. The molecular weight excluding hydrogens is 1170 g/mol. The SMILES string of the molecule is CCCCCCCCCCCCCCCCCCCC(=O)O[C@H](COC(=O)CCCCCCCCCCCCCCCCC)COP(=O)(O)OC[C@@H](O)COP(=O)(O)OC[C@@H](COC(=O)CCCCCCCCCC)OC(=O)CCCCCCCCC(C)C. The van der Waals surface area contributed by atoms with Gasteiger partial charge in [0, 0.05) is 25.7 Å². The van der Waals surface area contributed by atoms with Gasteiger partial charge in [-0.3, -0.25) is 37.3 Å². The van der Waals surface area contributed by atoms with Gasteiger partial charge in [-0.05, 0) is 31.6 Å². The number of phosphoric ester groups is 2. The van der Waals surface area contributed by atoms with Gasteiger partial charge in [-0.1, -0.05) is 311 Å². The quantitative estimate of drug-likeness (QED) is 0.0222. The molecule has 0 saturated carbocycles. The van der Waals surface area contributed by atoms with Gasteiger partial charge in [0.15, 0.2) is 12.2 Å². The van der Waals surface area contributed by atoms with E-state index in [1.165, 1.54) is 180 Å². The van der Waals surface area contributed by atoms with Crippen molar-refractivity contribution < 1.29 is 80.2 Å². The molecule has 528 valence electrons. The predicted octanol–water partition coefficient (Wildman–Crippen LogP) is 20.1. The van der Waals surface area contributed by atoms with Gasteiger partial charge in [-0.2, -0.15) is 0 Å². The van der Waals surface area contributed by atoms with E-state index in [4.69, 9.17) is 37.0 Å². The Morgan fingerprint density at radius 2 is 0.517 bits per heavy atom. The number of rotatable bonds is 70. The topological polar surface area (TPSA) is 237 Å². The maximum absolute atomic E-state index is 13.0. The molecule has 0 fully saturated rings. The number of aliphatic hydroxyl groups excluding tert-OH is 1. The monoisotopic (exact) mass is 1310 g/mol. The molecule has 5 atom stereocenters. The second-order valence-electron chi connectivity index (χ2n) is 25.7. The highest BCUT2D eigenvalue weighted by Crippen LogP contribution is 2.45. The summed E-state index contributed by atoms with van der Waals surface area (Å²) in [5, 5.41) is 10.6. The maximum Gasteiger partial charge on any atom is 0.472 e. The first kappa shape index (κ1) is 87.1. The Morgan fingerprint density at radius 3 is 0.764 bits per heavy atom. The highest BCUT2D eigenvalue weighted by molar-refractivity contribution is 7.47. The van der Waals surface area contributed by atoms with Crippen LogP contribution in [0.4, 0.5) is 0 Å². The molecular formula is C70H136O17P2. The first-order chi connectivity index (χ1) is 43.0. The Labute approximate surface area is 543 Å². The Morgan fingerprint density at radius 1 is 0.303 bits per heavy atom. The van der Waals surface area contributed by atoms with Crippen LogP contribution in [0.5, 0.6) is 0 Å². The van der Waals surface area contributed by atoms with E-state index in [9.17, 15) is 43.2 Å². The summed E-state index contributed by atoms with van der Waals surface area (Å²) < 4.78 is 68.2. The number of phosphoric acid groups is 2. The van der Waals surface area contributed by atoms with E-state index in [0.717, 1.165) is 96.3 Å². The Bertz CT molecular complexity index is 1720. The minimum Gasteiger partial charge on any atom is -0.462 e. The first-order valence-electron chi connectivity index (χ1n) is 36.6. The van der Waals surface area contributed by atoms with Crippen LogP contribution in [0.25, 0.3) is 0 Å². The standard InChI is InChI=1S/C70H136O17P2/c1-6-9-12-15-18-21-23-25-27-28-30-32-34-36-39-45-50-55-69(74)86-65(59-81-68(73)54-49-44-38-35-33-31-29-26-24-22-19-16-13-10-7-2)61-84-88(76,77)82-57-64(71)58-83-89(78,79)85-62-66(60-80-67(72)53-48-43-37-20-17-14-11-8-3)87-70(75)56-51-46-41-40-42-47-52-63(4)5/h63-66,71H,6-62H2,1-5H3,(H,76,77)(H,78,79)/t64-,65-,66-/m1/s1. The van der Waals surface area contributed by atoms with E-state index in [1.807, 2.05) is 0 Å². The fraction of sp³-hybridized carbons (Fsp3) is 0.943. The Kier molecular flexibility index (Phi) is 62.1. The third kappa shape index (κ3) is 64.6. The molecule has 0 radical (unpaired) electrons. The fourth-order valence-electron chi connectivity index (χ4n) is 10.6. The van der Waals surface area contributed by atoms with Crippen LogP contribution in [0.15, 0.2) is 0 Å². The van der Waals surface area contributed by atoms with Crippen LogP contribution in [0.1, 0.15) is 362 Å². The van der Waals surface area contributed by atoms with Crippen molar-refractivity contribution in [2.75, 3.05) is 39.6 Å². The van der Waals surface area contributed by atoms with Crippen LogP contribution in [0, 0.1) is 5.92 Å². The highest BCUT2D eigenvalue weighted by atomic mass is 31.2. The number of hydrogen-bond acceptors (Lipinski definition) is 15.